The third-order valence-electron chi connectivity index (χ3n) is 10.8. The van der Waals surface area contributed by atoms with Gasteiger partial charge in [-0.05, 0) is 109 Å². The zero-order valence-corrected chi connectivity index (χ0v) is 29.7. The molecule has 10 heteroatoms. The van der Waals surface area contributed by atoms with Gasteiger partial charge in [-0.1, -0.05) is 24.6 Å². The summed E-state index contributed by atoms with van der Waals surface area (Å²) in [5.41, 5.74) is 7.15. The van der Waals surface area contributed by atoms with Gasteiger partial charge in [0, 0.05) is 54.3 Å². The lowest BCUT2D eigenvalue weighted by Gasteiger charge is -2.48. The first kappa shape index (κ1) is 33.2. The highest BCUT2D eigenvalue weighted by Gasteiger charge is 2.50. The number of nitrogens with one attached hydrogen (secondary N) is 2. The molecule has 2 fully saturated rings. The second-order valence-electron chi connectivity index (χ2n) is 14.8. The van der Waals surface area contributed by atoms with Crippen LogP contribution in [0.1, 0.15) is 87.3 Å². The first-order valence-electron chi connectivity index (χ1n) is 17.8. The first-order chi connectivity index (χ1) is 23.6. The third-order valence-corrected chi connectivity index (χ3v) is 10.8. The maximum atomic E-state index is 14.0. The van der Waals surface area contributed by atoms with Gasteiger partial charge in [0.05, 0.1) is 29.6 Å². The van der Waals surface area contributed by atoms with Gasteiger partial charge in [-0.3, -0.25) is 9.59 Å². The van der Waals surface area contributed by atoms with E-state index in [4.69, 9.17) is 14.7 Å². The number of aryl methyl sites for hydroxylation is 1. The number of amides is 2. The molecule has 2 aromatic heterocycles. The number of carbonyl (C=O) groups is 2. The van der Waals surface area contributed by atoms with Crippen LogP contribution in [0.15, 0.2) is 48.8 Å². The fourth-order valence-corrected chi connectivity index (χ4v) is 7.79. The molecule has 1 saturated heterocycles. The number of pyridine rings is 1. The number of likely N-dealkylation sites (tertiary alicyclic amines) is 1. The summed E-state index contributed by atoms with van der Waals surface area (Å²) in [6.45, 7) is 13.5. The van der Waals surface area contributed by atoms with Crippen LogP contribution >= 0.6 is 0 Å². The molecule has 258 valence electrons. The average Bonchev–Trinajstić information content (AvgIpc) is 3.59. The van der Waals surface area contributed by atoms with E-state index < -0.39 is 5.41 Å². The number of fused-ring (bicyclic) bond motifs is 2. The highest BCUT2D eigenvalue weighted by atomic mass is 16.5. The van der Waals surface area contributed by atoms with E-state index in [9.17, 15) is 9.59 Å². The number of rotatable bonds is 10. The van der Waals surface area contributed by atoms with Gasteiger partial charge < -0.3 is 29.7 Å². The molecule has 4 heterocycles. The summed E-state index contributed by atoms with van der Waals surface area (Å²) in [5, 5.41) is 6.46. The Balaban J connectivity index is 1.23. The Morgan fingerprint density at radius 1 is 1.04 bits per heavy atom. The summed E-state index contributed by atoms with van der Waals surface area (Å²) in [7, 11) is 1.62. The van der Waals surface area contributed by atoms with Gasteiger partial charge in [-0.15, -0.1) is 0 Å². The molecule has 10 nitrogen and oxygen atoms in total. The molecule has 1 saturated carbocycles. The monoisotopic (exact) mass is 663 g/mol. The average molecular weight is 664 g/mol. The highest BCUT2D eigenvalue weighted by molar-refractivity contribution is 6.09. The lowest BCUT2D eigenvalue weighted by atomic mass is 9.82. The topological polar surface area (TPSA) is 105 Å². The molecule has 3 aliphatic rings. The van der Waals surface area contributed by atoms with Gasteiger partial charge in [-0.25, -0.2) is 9.97 Å². The number of nitrogens with zero attached hydrogens (tertiary/aromatic N) is 5. The number of aromatic nitrogens is 3. The number of benzene rings is 2. The largest absolute Gasteiger partial charge is 0.383 e. The van der Waals surface area contributed by atoms with Gasteiger partial charge in [0.25, 0.3) is 5.91 Å². The smallest absolute Gasteiger partial charge is 0.251 e. The molecule has 49 heavy (non-hydrogen) atoms. The van der Waals surface area contributed by atoms with Crippen LogP contribution in [0.3, 0.4) is 0 Å². The van der Waals surface area contributed by atoms with Crippen molar-refractivity contribution in [3.05, 3.63) is 65.5 Å². The standard InChI is InChI=1S/C39H49N7O3/c1-24(2)45-23-41-33-22-32(43-36(35(33)45)42-27-12-10-25(3)30(19-27)37(47)40-14-17-49-6)26-11-13-31-34(18-26)46(38(48)39(31,4)5)29-20-28(21-29)44-15-8-7-9-16-44/h10-13,18-19,22-24,28-29H,7-9,14-17,20-21H2,1-6H3,(H,40,47)(H,42,43). The summed E-state index contributed by atoms with van der Waals surface area (Å²) in [4.78, 5) is 41.7. The van der Waals surface area contributed by atoms with E-state index in [1.54, 1.807) is 7.11 Å². The number of imidazole rings is 1. The molecule has 7 rings (SSSR count). The highest BCUT2D eigenvalue weighted by Crippen LogP contribution is 2.48. The molecule has 4 aromatic rings. The van der Waals surface area contributed by atoms with Crippen LogP contribution in [0.25, 0.3) is 22.3 Å². The summed E-state index contributed by atoms with van der Waals surface area (Å²) in [6.07, 6.45) is 7.80. The Labute approximate surface area is 289 Å². The lowest BCUT2D eigenvalue weighted by Crippen LogP contribution is -2.57. The third kappa shape index (κ3) is 6.10. The van der Waals surface area contributed by atoms with Gasteiger partial charge in [-0.2, -0.15) is 0 Å². The number of carbonyl (C=O) groups excluding carboxylic acids is 2. The summed E-state index contributed by atoms with van der Waals surface area (Å²) in [5.74, 6) is 0.696. The van der Waals surface area contributed by atoms with Crippen molar-refractivity contribution in [1.29, 1.82) is 0 Å². The Bertz CT molecular complexity index is 1880. The quantitative estimate of drug-likeness (QED) is 0.181. The number of methoxy groups -OCH3 is 1. The van der Waals surface area contributed by atoms with E-state index in [0.29, 0.717) is 30.6 Å². The minimum Gasteiger partial charge on any atom is -0.383 e. The normalized spacial score (nSPS) is 20.5. The zero-order valence-electron chi connectivity index (χ0n) is 29.7. The Morgan fingerprint density at radius 3 is 2.55 bits per heavy atom. The summed E-state index contributed by atoms with van der Waals surface area (Å²) in [6, 6.07) is 15.1. The van der Waals surface area contributed by atoms with E-state index in [2.05, 4.69) is 57.0 Å². The maximum Gasteiger partial charge on any atom is 0.251 e. The predicted molar refractivity (Wildman–Crippen MR) is 195 cm³/mol. The molecule has 0 atom stereocenters. The van der Waals surface area contributed by atoms with Crippen LogP contribution in [0.2, 0.25) is 0 Å². The summed E-state index contributed by atoms with van der Waals surface area (Å²) >= 11 is 0. The van der Waals surface area contributed by atoms with Gasteiger partial charge in [0.2, 0.25) is 5.91 Å². The van der Waals surface area contributed by atoms with Gasteiger partial charge in [0.15, 0.2) is 5.82 Å². The van der Waals surface area contributed by atoms with E-state index in [-0.39, 0.29) is 23.9 Å². The molecule has 2 aliphatic heterocycles. The Hall–Kier alpha value is -4.28. The number of ether oxygens (including phenoxy) is 1. The predicted octanol–water partition coefficient (Wildman–Crippen LogP) is 6.75. The Morgan fingerprint density at radius 2 is 1.82 bits per heavy atom. The molecule has 0 bridgehead atoms. The second kappa shape index (κ2) is 13.2. The van der Waals surface area contributed by atoms with Crippen molar-refractivity contribution < 1.29 is 14.3 Å². The lowest BCUT2D eigenvalue weighted by molar-refractivity contribution is -0.123. The SMILES string of the molecule is COCCNC(=O)c1cc(Nc2nc(-c3ccc4c(c3)N(C3CC(N5CCCCC5)C3)C(=O)C4(C)C)cc3ncn(C(C)C)c23)ccc1C. The van der Waals surface area contributed by atoms with Crippen LogP contribution in [0, 0.1) is 6.92 Å². The zero-order chi connectivity index (χ0) is 34.4. The van der Waals surface area contributed by atoms with Gasteiger partial charge >= 0.3 is 0 Å². The van der Waals surface area contributed by atoms with Gasteiger partial charge in [0.1, 0.15) is 5.52 Å². The van der Waals surface area contributed by atoms with Crippen LogP contribution in [-0.2, 0) is 14.9 Å². The van der Waals surface area contributed by atoms with E-state index in [1.165, 1.54) is 32.4 Å². The first-order valence-corrected chi connectivity index (χ1v) is 17.8. The molecular formula is C39H49N7O3. The van der Waals surface area contributed by atoms with Crippen LogP contribution in [0.4, 0.5) is 17.2 Å². The molecular weight excluding hydrogens is 614 g/mol. The number of piperidine rings is 1. The van der Waals surface area contributed by atoms with E-state index in [1.807, 2.05) is 51.4 Å². The van der Waals surface area contributed by atoms with Crippen molar-refractivity contribution in [3.63, 3.8) is 0 Å². The van der Waals surface area contributed by atoms with Crippen molar-refractivity contribution in [3.8, 4) is 11.3 Å². The van der Waals surface area contributed by atoms with Crippen LogP contribution in [0.5, 0.6) is 0 Å². The maximum absolute atomic E-state index is 14.0. The number of hydrogen-bond acceptors (Lipinski definition) is 7. The van der Waals surface area contributed by atoms with Crippen LogP contribution in [-0.4, -0.2) is 76.7 Å². The molecule has 0 unspecified atom stereocenters. The van der Waals surface area contributed by atoms with Crippen LogP contribution < -0.4 is 15.5 Å². The van der Waals surface area contributed by atoms with Crippen molar-refractivity contribution >= 4 is 40.0 Å². The number of anilines is 3. The fourth-order valence-electron chi connectivity index (χ4n) is 7.79. The number of hydrogen-bond donors (Lipinski definition) is 2. The molecule has 0 radical (unpaired) electrons. The minimum atomic E-state index is -0.580. The van der Waals surface area contributed by atoms with Crippen molar-refractivity contribution in [2.45, 2.75) is 90.3 Å². The van der Waals surface area contributed by atoms with Crippen molar-refractivity contribution in [1.82, 2.24) is 24.8 Å². The van der Waals surface area contributed by atoms with E-state index >= 15 is 0 Å². The summed E-state index contributed by atoms with van der Waals surface area (Å²) < 4.78 is 7.21. The Kier molecular flexibility index (Phi) is 8.96. The molecule has 2 aromatic carbocycles. The molecule has 0 spiro atoms. The second-order valence-corrected chi connectivity index (χ2v) is 14.8. The minimum absolute atomic E-state index is 0.147. The molecule has 2 amide bonds. The molecule has 1 aliphatic carbocycles. The van der Waals surface area contributed by atoms with Crippen molar-refractivity contribution in [2.75, 3.05) is 43.6 Å². The van der Waals surface area contributed by atoms with Crippen molar-refractivity contribution in [2.24, 2.45) is 0 Å². The van der Waals surface area contributed by atoms with E-state index in [0.717, 1.165) is 57.6 Å². The molecule has 2 N–H and O–H groups in total. The fraction of sp³-hybridized carbons (Fsp3) is 0.487.